The Kier molecular flexibility index (Phi) is 23.9. The molecule has 0 bridgehead atoms. The highest BCUT2D eigenvalue weighted by Crippen LogP contribution is 2.43. The first-order chi connectivity index (χ1) is 40.6. The molecular formula is C58H76ClF2N11O12S. The maximum absolute atomic E-state index is 16.5. The first kappa shape index (κ1) is 65.6. The molecule has 7 N–H and O–H groups in total. The molecule has 27 heteroatoms. The van der Waals surface area contributed by atoms with Gasteiger partial charge in [-0.15, -0.1) is 11.3 Å². The van der Waals surface area contributed by atoms with Gasteiger partial charge in [0.25, 0.3) is 0 Å². The van der Waals surface area contributed by atoms with Crippen molar-refractivity contribution in [2.24, 2.45) is 11.1 Å². The lowest BCUT2D eigenvalue weighted by Crippen LogP contribution is -2.58. The fourth-order valence-corrected chi connectivity index (χ4v) is 10.8. The van der Waals surface area contributed by atoms with E-state index in [4.69, 9.17) is 41.0 Å². The monoisotopic (exact) mass is 1220 g/mol. The number of amides is 6. The second-order valence-corrected chi connectivity index (χ2v) is 22.9. The number of hydrogen-bond acceptors (Lipinski definition) is 18. The van der Waals surface area contributed by atoms with Gasteiger partial charge < -0.3 is 75.2 Å². The number of benzene rings is 3. The highest BCUT2D eigenvalue weighted by atomic mass is 35.5. The first-order valence-corrected chi connectivity index (χ1v) is 29.3. The Morgan fingerprint density at radius 3 is 2.12 bits per heavy atom. The molecule has 0 unspecified atom stereocenters. The summed E-state index contributed by atoms with van der Waals surface area (Å²) in [4.78, 5) is 86.1. The summed E-state index contributed by atoms with van der Waals surface area (Å²) in [5.41, 5.74) is 8.40. The van der Waals surface area contributed by atoms with Gasteiger partial charge in [0.15, 0.2) is 5.82 Å². The molecule has 7 rings (SSSR count). The van der Waals surface area contributed by atoms with E-state index in [0.29, 0.717) is 51.9 Å². The number of phenols is 1. The average molecular weight is 1220 g/mol. The summed E-state index contributed by atoms with van der Waals surface area (Å²) in [6.07, 6.45) is -0.815. The Balaban J connectivity index is 0.731. The number of β-amino-alcohol motifs (C(OH)–C–C–N with tert-alkyl or cyclic N) is 1. The topological polar surface area (TPSA) is 286 Å². The Morgan fingerprint density at radius 1 is 0.882 bits per heavy atom. The van der Waals surface area contributed by atoms with Gasteiger partial charge in [-0.3, -0.25) is 19.2 Å². The van der Waals surface area contributed by atoms with E-state index in [-0.39, 0.29) is 118 Å². The zero-order chi connectivity index (χ0) is 61.4. The predicted molar refractivity (Wildman–Crippen MR) is 316 cm³/mol. The summed E-state index contributed by atoms with van der Waals surface area (Å²) in [5, 5.41) is 29.9. The number of primary amides is 1. The predicted octanol–water partition coefficient (Wildman–Crippen LogP) is 5.28. The van der Waals surface area contributed by atoms with Crippen LogP contribution in [0.15, 0.2) is 54.0 Å². The average Bonchev–Trinajstić information content (AvgIpc) is 1.53. The molecule has 0 spiro atoms. The third-order valence-electron chi connectivity index (χ3n) is 14.4. The molecule has 0 aliphatic carbocycles. The number of urea groups is 1. The molecular weight excluding hydrogens is 1150 g/mol. The van der Waals surface area contributed by atoms with E-state index in [2.05, 4.69) is 30.9 Å². The van der Waals surface area contributed by atoms with Crippen molar-refractivity contribution >= 4 is 75.3 Å². The number of aliphatic hydroxyl groups excluding tert-OH is 1. The van der Waals surface area contributed by atoms with Crippen LogP contribution in [-0.4, -0.2) is 207 Å². The smallest absolute Gasteiger partial charge is 0.314 e. The maximum atomic E-state index is 16.5. The van der Waals surface area contributed by atoms with Crippen LogP contribution in [0, 0.1) is 24.0 Å². The summed E-state index contributed by atoms with van der Waals surface area (Å²) < 4.78 is 59.3. The van der Waals surface area contributed by atoms with Gasteiger partial charge in [-0.25, -0.2) is 23.5 Å². The van der Waals surface area contributed by atoms with Crippen molar-refractivity contribution in [2.75, 3.05) is 129 Å². The van der Waals surface area contributed by atoms with Crippen LogP contribution in [0.5, 0.6) is 5.75 Å². The van der Waals surface area contributed by atoms with E-state index in [0.717, 1.165) is 27.8 Å². The molecule has 2 aliphatic heterocycles. The number of aromatic nitrogens is 3. The van der Waals surface area contributed by atoms with Crippen molar-refractivity contribution in [1.29, 1.82) is 0 Å². The fourth-order valence-electron chi connectivity index (χ4n) is 9.69. The number of aromatic hydroxyl groups is 1. The number of aryl methyl sites for hydroxylation is 1. The summed E-state index contributed by atoms with van der Waals surface area (Å²) in [6, 6.07) is 9.96. The van der Waals surface area contributed by atoms with Gasteiger partial charge in [0.05, 0.1) is 98.3 Å². The normalized spacial score (nSPS) is 16.1. The van der Waals surface area contributed by atoms with E-state index < -0.39 is 70.3 Å². The van der Waals surface area contributed by atoms with E-state index in [9.17, 15) is 38.6 Å². The van der Waals surface area contributed by atoms with Gasteiger partial charge in [-0.05, 0) is 48.6 Å². The molecule has 3 aromatic carbocycles. The number of nitrogens with zero attached hydrogens (tertiary/aromatic N) is 7. The minimum Gasteiger partial charge on any atom is -0.507 e. The van der Waals surface area contributed by atoms with Crippen molar-refractivity contribution in [2.45, 2.75) is 71.7 Å². The number of anilines is 2. The molecule has 2 aromatic heterocycles. The van der Waals surface area contributed by atoms with Crippen molar-refractivity contribution < 1.29 is 66.7 Å². The number of halogens is 3. The van der Waals surface area contributed by atoms with Gasteiger partial charge in [0.2, 0.25) is 29.6 Å². The molecule has 0 saturated carbocycles. The standard InChI is InChI=1S/C58H76ClF2N11O12S/c1-35(37-10-12-38(13-11-37)51-36(2)64-34-85-51)65-54(77)43-30-39(73)32-72(43)55(78)52(58(3,4)5)66-45(75)33-84-29-28-83-27-26-82-25-24-81-23-22-80-21-20-69(6)46(76)14-15-63-57-67-50-40(53(68-57)70-16-18-71(19-17-70)56(62)79)31-41(59)47(49(50)61)48-42(60)8-7-9-44(48)74/h7-13,31,34-35,39,43,52,73-74H,14-30,32-33H2,1-6H3,(H2,62,79)(H,65,77)(H,66,75)(H,63,67,68)/t35-,39+,43-,52+/m0/s1. The van der Waals surface area contributed by atoms with Crippen LogP contribution in [0.25, 0.3) is 32.5 Å². The number of likely N-dealkylation sites (N-methyl/N-ethyl adjacent to an activating group) is 1. The lowest BCUT2D eigenvalue weighted by molar-refractivity contribution is -0.144. The number of ether oxygens (including phenoxy) is 5. The van der Waals surface area contributed by atoms with E-state index in [1.807, 2.05) is 63.8 Å². The molecule has 23 nitrogen and oxygen atoms in total. The number of phenolic OH excluding ortho intramolecular Hbond substituents is 1. The number of aliphatic hydroxyl groups is 1. The van der Waals surface area contributed by atoms with Gasteiger partial charge >= 0.3 is 6.03 Å². The van der Waals surface area contributed by atoms with Gasteiger partial charge in [-0.2, -0.15) is 4.98 Å². The van der Waals surface area contributed by atoms with Crippen LogP contribution in [0.3, 0.4) is 0 Å². The molecule has 2 aliphatic rings. The van der Waals surface area contributed by atoms with Gasteiger partial charge in [0.1, 0.15) is 41.6 Å². The molecule has 5 aromatic rings. The lowest BCUT2D eigenvalue weighted by atomic mass is 9.85. The molecule has 0 radical (unpaired) electrons. The zero-order valence-electron chi connectivity index (χ0n) is 48.7. The van der Waals surface area contributed by atoms with E-state index >= 15 is 4.39 Å². The van der Waals surface area contributed by atoms with Crippen LogP contribution in [0.2, 0.25) is 5.02 Å². The number of rotatable bonds is 29. The molecule has 4 heterocycles. The van der Waals surface area contributed by atoms with Crippen molar-refractivity contribution in [1.82, 2.24) is 40.3 Å². The van der Waals surface area contributed by atoms with E-state index in [1.165, 1.54) is 32.9 Å². The highest BCUT2D eigenvalue weighted by Gasteiger charge is 2.45. The fraction of sp³-hybridized carbons (Fsp3) is 0.517. The van der Waals surface area contributed by atoms with Crippen LogP contribution in [0.4, 0.5) is 25.3 Å². The third-order valence-corrected chi connectivity index (χ3v) is 15.7. The van der Waals surface area contributed by atoms with Crippen molar-refractivity contribution in [3.63, 3.8) is 0 Å². The molecule has 4 atom stereocenters. The third kappa shape index (κ3) is 17.8. The van der Waals surface area contributed by atoms with Crippen LogP contribution < -0.4 is 26.6 Å². The largest absolute Gasteiger partial charge is 0.507 e. The molecule has 6 amide bonds. The molecule has 462 valence electrons. The summed E-state index contributed by atoms with van der Waals surface area (Å²) in [5.74, 6) is -3.70. The van der Waals surface area contributed by atoms with Gasteiger partial charge in [0, 0.05) is 76.7 Å². The maximum Gasteiger partial charge on any atom is 0.314 e. The molecule has 2 fully saturated rings. The minimum atomic E-state index is -1.00. The number of hydrogen-bond donors (Lipinski definition) is 6. The quantitative estimate of drug-likeness (QED) is 0.0332. The van der Waals surface area contributed by atoms with Crippen molar-refractivity contribution in [3.05, 3.63) is 82.0 Å². The van der Waals surface area contributed by atoms with Gasteiger partial charge in [-0.1, -0.05) is 62.7 Å². The number of fused-ring (bicyclic) bond motifs is 1. The number of nitrogens with two attached hydrogens (primary N) is 1. The molecule has 2 saturated heterocycles. The number of piperazine rings is 1. The Labute approximate surface area is 501 Å². The lowest BCUT2D eigenvalue weighted by Gasteiger charge is -2.35. The Bertz CT molecular complexity index is 3080. The number of carbonyl (C=O) groups excluding carboxylic acids is 5. The number of thiazole rings is 1. The number of carbonyl (C=O) groups is 5. The zero-order valence-corrected chi connectivity index (χ0v) is 50.2. The van der Waals surface area contributed by atoms with Crippen molar-refractivity contribution in [3.8, 4) is 27.3 Å². The summed E-state index contributed by atoms with van der Waals surface area (Å²) in [7, 11) is 1.64. The number of nitrogens with one attached hydrogen (secondary N) is 3. The minimum absolute atomic E-state index is 0.0129. The van der Waals surface area contributed by atoms with Crippen LogP contribution in [0.1, 0.15) is 57.8 Å². The second kappa shape index (κ2) is 30.9. The van der Waals surface area contributed by atoms with E-state index in [1.54, 1.807) is 23.9 Å². The highest BCUT2D eigenvalue weighted by molar-refractivity contribution is 7.13. The summed E-state index contributed by atoms with van der Waals surface area (Å²) in [6.45, 7) is 12.7. The molecule has 85 heavy (non-hydrogen) atoms. The second-order valence-electron chi connectivity index (χ2n) is 21.6. The van der Waals surface area contributed by atoms with Crippen LogP contribution in [-0.2, 0) is 42.9 Å². The number of likely N-dealkylation sites (tertiary alicyclic amines) is 1. The Hall–Kier alpha value is -6.91. The summed E-state index contributed by atoms with van der Waals surface area (Å²) >= 11 is 8.11. The van der Waals surface area contributed by atoms with Crippen LogP contribution >= 0.6 is 22.9 Å². The SMILES string of the molecule is Cc1ncsc1-c1ccc([C@H](C)NC(=O)[C@@H]2C[C@@H](O)CN2C(=O)[C@@H](NC(=O)COCCOCCOCCOCCOCCN(C)C(=O)CCNc2nc(N3CCN(C(N)=O)CC3)c3cc(Cl)c(-c4c(O)cccc4F)c(F)c3n2)C(C)(C)C)cc1. The Morgan fingerprint density at radius 2 is 1.52 bits per heavy atom. The first-order valence-electron chi connectivity index (χ1n) is 28.0.